The molecule has 0 unspecified atom stereocenters. The number of hydrogen-bond acceptors (Lipinski definition) is 6. The summed E-state index contributed by atoms with van der Waals surface area (Å²) in [6, 6.07) is 17.9. The molecular weight excluding hydrogens is 387 g/mol. The third-order valence-corrected chi connectivity index (χ3v) is 4.71. The highest BCUT2D eigenvalue weighted by molar-refractivity contribution is 5.97. The molecule has 0 spiro atoms. The van der Waals surface area contributed by atoms with E-state index >= 15 is 0 Å². The molecule has 0 amide bonds. The number of aromatic nitrogens is 4. The van der Waals surface area contributed by atoms with Gasteiger partial charge >= 0.3 is 0 Å². The Morgan fingerprint density at radius 1 is 0.933 bits per heavy atom. The summed E-state index contributed by atoms with van der Waals surface area (Å²) in [5.74, 6) is 0.614. The van der Waals surface area contributed by atoms with E-state index in [0.29, 0.717) is 39.0 Å². The van der Waals surface area contributed by atoms with Crippen LogP contribution >= 0.6 is 0 Å². The van der Waals surface area contributed by atoms with Gasteiger partial charge in [0.2, 0.25) is 0 Å². The summed E-state index contributed by atoms with van der Waals surface area (Å²) in [6.45, 7) is 0. The lowest BCUT2D eigenvalue weighted by Crippen LogP contribution is -2.01. The molecular formula is C21H13FN6O2. The van der Waals surface area contributed by atoms with Crippen LogP contribution in [0.15, 0.2) is 66.7 Å². The first-order valence-corrected chi connectivity index (χ1v) is 9.01. The second kappa shape index (κ2) is 6.89. The smallest absolute Gasteiger partial charge is 0.280 e. The molecule has 0 aliphatic carbocycles. The van der Waals surface area contributed by atoms with Gasteiger partial charge in [-0.3, -0.25) is 15.2 Å². The number of H-pyrrole nitrogens is 1. The largest absolute Gasteiger partial charge is 0.322 e. The van der Waals surface area contributed by atoms with Crippen molar-refractivity contribution in [3.8, 4) is 11.4 Å². The van der Waals surface area contributed by atoms with Crippen molar-refractivity contribution in [1.29, 1.82) is 0 Å². The number of anilines is 2. The Morgan fingerprint density at radius 3 is 2.60 bits per heavy atom. The first-order chi connectivity index (χ1) is 14.6. The fraction of sp³-hybridized carbons (Fsp3) is 0. The van der Waals surface area contributed by atoms with Crippen LogP contribution in [0.3, 0.4) is 0 Å². The molecule has 0 aliphatic rings. The van der Waals surface area contributed by atoms with Crippen LogP contribution in [0.25, 0.3) is 33.2 Å². The Kier molecular flexibility index (Phi) is 4.06. The van der Waals surface area contributed by atoms with Gasteiger partial charge in [-0.15, -0.1) is 0 Å². The number of rotatable bonds is 4. The van der Waals surface area contributed by atoms with Crippen molar-refractivity contribution >= 4 is 39.1 Å². The van der Waals surface area contributed by atoms with Gasteiger partial charge in [-0.25, -0.2) is 14.4 Å². The number of fused-ring (bicyclic) bond motifs is 2. The molecule has 5 rings (SSSR count). The molecule has 5 aromatic rings. The van der Waals surface area contributed by atoms with Crippen molar-refractivity contribution in [1.82, 2.24) is 20.2 Å². The van der Waals surface area contributed by atoms with Crippen molar-refractivity contribution in [3.63, 3.8) is 0 Å². The molecule has 2 N–H and O–H groups in total. The number of nitrogens with one attached hydrogen (secondary N) is 2. The summed E-state index contributed by atoms with van der Waals surface area (Å²) in [5, 5.41) is 22.9. The first kappa shape index (κ1) is 17.7. The summed E-state index contributed by atoms with van der Waals surface area (Å²) < 4.78 is 13.7. The van der Waals surface area contributed by atoms with Gasteiger partial charge in [0.15, 0.2) is 11.6 Å². The van der Waals surface area contributed by atoms with E-state index in [1.165, 1.54) is 18.2 Å². The molecule has 0 radical (unpaired) electrons. The molecule has 0 fully saturated rings. The van der Waals surface area contributed by atoms with Crippen molar-refractivity contribution in [3.05, 3.63) is 82.7 Å². The minimum Gasteiger partial charge on any atom is -0.322 e. The number of halogens is 1. The van der Waals surface area contributed by atoms with Gasteiger partial charge in [0.1, 0.15) is 11.6 Å². The molecule has 0 bridgehead atoms. The van der Waals surface area contributed by atoms with Crippen LogP contribution in [-0.4, -0.2) is 25.1 Å². The Labute approximate surface area is 168 Å². The topological polar surface area (TPSA) is 110 Å². The number of nitro groups is 1. The quantitative estimate of drug-likeness (QED) is 0.326. The molecule has 0 aliphatic heterocycles. The number of aromatic amines is 1. The van der Waals surface area contributed by atoms with Gasteiger partial charge in [-0.05, 0) is 36.4 Å². The average Bonchev–Trinajstić information content (AvgIpc) is 3.15. The van der Waals surface area contributed by atoms with E-state index in [4.69, 9.17) is 0 Å². The maximum absolute atomic E-state index is 13.7. The zero-order valence-corrected chi connectivity index (χ0v) is 15.3. The third-order valence-electron chi connectivity index (χ3n) is 4.71. The van der Waals surface area contributed by atoms with E-state index in [1.54, 1.807) is 30.3 Å². The van der Waals surface area contributed by atoms with Crippen molar-refractivity contribution < 1.29 is 9.31 Å². The second-order valence-corrected chi connectivity index (χ2v) is 6.57. The molecule has 0 atom stereocenters. The molecule has 3 aromatic carbocycles. The predicted molar refractivity (Wildman–Crippen MR) is 111 cm³/mol. The Hall–Kier alpha value is -4.40. The van der Waals surface area contributed by atoms with E-state index in [2.05, 4.69) is 25.5 Å². The molecule has 146 valence electrons. The number of hydrogen-bond donors (Lipinski definition) is 2. The van der Waals surface area contributed by atoms with Gasteiger partial charge in [0, 0.05) is 16.8 Å². The maximum atomic E-state index is 13.7. The van der Waals surface area contributed by atoms with E-state index in [1.807, 2.05) is 18.2 Å². The minimum atomic E-state index is -0.467. The monoisotopic (exact) mass is 400 g/mol. The normalized spacial score (nSPS) is 11.1. The van der Waals surface area contributed by atoms with Gasteiger partial charge in [0.25, 0.3) is 5.69 Å². The number of para-hydroxylation sites is 2. The zero-order chi connectivity index (χ0) is 20.7. The third kappa shape index (κ3) is 2.98. The van der Waals surface area contributed by atoms with Crippen LogP contribution in [0.1, 0.15) is 0 Å². The summed E-state index contributed by atoms with van der Waals surface area (Å²) in [4.78, 5) is 20.1. The van der Waals surface area contributed by atoms with E-state index in [-0.39, 0.29) is 17.3 Å². The summed E-state index contributed by atoms with van der Waals surface area (Å²) in [7, 11) is 0. The zero-order valence-electron chi connectivity index (χ0n) is 15.3. The summed E-state index contributed by atoms with van der Waals surface area (Å²) in [5.41, 5.74) is 1.48. The number of benzene rings is 3. The van der Waals surface area contributed by atoms with Gasteiger partial charge in [-0.2, -0.15) is 5.10 Å². The lowest BCUT2D eigenvalue weighted by Gasteiger charge is -2.10. The van der Waals surface area contributed by atoms with E-state index < -0.39 is 4.92 Å². The summed E-state index contributed by atoms with van der Waals surface area (Å²) >= 11 is 0. The SMILES string of the molecule is O=[N+]([O-])c1ccccc1-c1nc(Nc2n[nH]c3ccc(F)cc23)c2ccccc2n1. The average molecular weight is 400 g/mol. The van der Waals surface area contributed by atoms with Gasteiger partial charge in [0.05, 0.1) is 21.5 Å². The van der Waals surface area contributed by atoms with Crippen molar-refractivity contribution in [2.45, 2.75) is 0 Å². The summed E-state index contributed by atoms with van der Waals surface area (Å²) in [6.07, 6.45) is 0. The van der Waals surface area contributed by atoms with Crippen LogP contribution in [0.2, 0.25) is 0 Å². The lowest BCUT2D eigenvalue weighted by molar-refractivity contribution is -0.384. The molecule has 8 nitrogen and oxygen atoms in total. The van der Waals surface area contributed by atoms with Crippen LogP contribution in [-0.2, 0) is 0 Å². The Balaban J connectivity index is 1.70. The fourth-order valence-electron chi connectivity index (χ4n) is 3.31. The predicted octanol–water partition coefficient (Wildman–Crippen LogP) is 4.96. The molecule has 0 saturated carbocycles. The molecule has 2 aromatic heterocycles. The van der Waals surface area contributed by atoms with E-state index in [9.17, 15) is 14.5 Å². The van der Waals surface area contributed by atoms with Crippen LogP contribution in [0.4, 0.5) is 21.7 Å². The molecule has 30 heavy (non-hydrogen) atoms. The minimum absolute atomic E-state index is 0.0916. The Morgan fingerprint density at radius 2 is 1.73 bits per heavy atom. The number of nitro benzene ring substituents is 1. The van der Waals surface area contributed by atoms with Crippen LogP contribution < -0.4 is 5.32 Å². The van der Waals surface area contributed by atoms with Gasteiger partial charge < -0.3 is 5.32 Å². The highest BCUT2D eigenvalue weighted by atomic mass is 19.1. The lowest BCUT2D eigenvalue weighted by atomic mass is 10.1. The van der Waals surface area contributed by atoms with E-state index in [0.717, 1.165) is 0 Å². The standard InChI is InChI=1S/C21H13FN6O2/c22-12-9-10-17-15(11-12)21(27-26-17)25-19-13-5-1-3-7-16(13)23-20(24-19)14-6-2-4-8-18(14)28(29)30/h1-11H,(H2,23,24,25,26,27). The second-order valence-electron chi connectivity index (χ2n) is 6.57. The molecule has 0 saturated heterocycles. The highest BCUT2D eigenvalue weighted by Crippen LogP contribution is 2.32. The first-order valence-electron chi connectivity index (χ1n) is 9.01. The van der Waals surface area contributed by atoms with Crippen molar-refractivity contribution in [2.75, 3.05) is 5.32 Å². The Bertz CT molecular complexity index is 1430. The molecule has 2 heterocycles. The van der Waals surface area contributed by atoms with Crippen molar-refractivity contribution in [2.24, 2.45) is 0 Å². The fourth-order valence-corrected chi connectivity index (χ4v) is 3.31. The highest BCUT2D eigenvalue weighted by Gasteiger charge is 2.19. The van der Waals surface area contributed by atoms with Crippen LogP contribution in [0.5, 0.6) is 0 Å². The van der Waals surface area contributed by atoms with Crippen LogP contribution in [0, 0.1) is 15.9 Å². The number of nitrogens with zero attached hydrogens (tertiary/aromatic N) is 4. The maximum Gasteiger partial charge on any atom is 0.280 e. The van der Waals surface area contributed by atoms with Gasteiger partial charge in [-0.1, -0.05) is 24.3 Å². The molecule has 9 heteroatoms.